The van der Waals surface area contributed by atoms with E-state index in [1.807, 2.05) is 0 Å². The number of phenolic OH excluding ortho intramolecular Hbond substituents is 1. The molecule has 182 valence electrons. The zero-order valence-corrected chi connectivity index (χ0v) is 18.5. The Bertz CT molecular complexity index is 1220. The molecule has 11 heteroatoms. The molecule has 0 bridgehead atoms. The smallest absolute Gasteiger partial charge is 0.428 e. The second-order valence-electron chi connectivity index (χ2n) is 8.07. The second-order valence-corrected chi connectivity index (χ2v) is 8.07. The first-order chi connectivity index (χ1) is 16.7. The summed E-state index contributed by atoms with van der Waals surface area (Å²) in [4.78, 5) is 41.0. The summed E-state index contributed by atoms with van der Waals surface area (Å²) in [6.45, 7) is 3.03. The van der Waals surface area contributed by atoms with Gasteiger partial charge in [-0.25, -0.2) is 13.6 Å². The van der Waals surface area contributed by atoms with E-state index in [0.29, 0.717) is 11.6 Å². The number of halogens is 2. The number of carbonyl (C=O) groups is 3. The van der Waals surface area contributed by atoms with E-state index in [2.05, 4.69) is 6.58 Å². The Kier molecular flexibility index (Phi) is 6.52. The molecule has 2 aliphatic rings. The summed E-state index contributed by atoms with van der Waals surface area (Å²) < 4.78 is 27.7. The van der Waals surface area contributed by atoms with Crippen LogP contribution in [0, 0.1) is 11.6 Å². The van der Waals surface area contributed by atoms with E-state index in [4.69, 9.17) is 0 Å². The van der Waals surface area contributed by atoms with Crippen LogP contribution < -0.4 is 0 Å². The molecular weight excluding hydrogens is 462 g/mol. The number of hydrogen-bond acceptors (Lipinski definition) is 5. The number of nitrogens with zero attached hydrogens (tertiary/aromatic N) is 4. The molecule has 0 aromatic heterocycles. The van der Waals surface area contributed by atoms with Crippen LogP contribution in [0.5, 0.6) is 5.75 Å². The highest BCUT2D eigenvalue weighted by atomic mass is 19.1. The highest BCUT2D eigenvalue weighted by molar-refractivity contribution is 5.93. The van der Waals surface area contributed by atoms with Crippen molar-refractivity contribution >= 4 is 17.9 Å². The molecular formula is C24H22F2N4O5. The van der Waals surface area contributed by atoms with Gasteiger partial charge in [-0.15, -0.1) is 6.58 Å². The van der Waals surface area contributed by atoms with Gasteiger partial charge in [-0.05, 0) is 23.8 Å². The average molecular weight is 484 g/mol. The van der Waals surface area contributed by atoms with E-state index >= 15 is 0 Å². The minimum absolute atomic E-state index is 0.0134. The van der Waals surface area contributed by atoms with Crippen LogP contribution in [0.2, 0.25) is 0 Å². The van der Waals surface area contributed by atoms with Crippen LogP contribution in [0.25, 0.3) is 0 Å². The normalized spacial score (nSPS) is 18.4. The molecule has 2 N–H and O–H groups in total. The van der Waals surface area contributed by atoms with Gasteiger partial charge in [0.05, 0.1) is 19.3 Å². The van der Waals surface area contributed by atoms with Gasteiger partial charge in [0.2, 0.25) is 5.91 Å². The third kappa shape index (κ3) is 4.71. The first-order valence-electron chi connectivity index (χ1n) is 10.6. The van der Waals surface area contributed by atoms with Crippen molar-refractivity contribution < 1.29 is 33.4 Å². The summed E-state index contributed by atoms with van der Waals surface area (Å²) in [6, 6.07) is 7.83. The van der Waals surface area contributed by atoms with Crippen molar-refractivity contribution in [1.82, 2.24) is 19.8 Å². The lowest BCUT2D eigenvalue weighted by Gasteiger charge is -2.48. The standard InChI is InChI=1S/C24H22F2N4O5/c1-2-9-28-14-22(32)29-20(10-15-3-7-18(31)8-4-15)23(33)27(13-21(29)30(28)24(34)35)12-16-5-6-17(25)11-19(16)26/h2-8,11,13,20,31H,1,9-10,12,14H2,(H,34,35). The predicted octanol–water partition coefficient (Wildman–Crippen LogP) is 2.65. The molecule has 0 saturated carbocycles. The lowest BCUT2D eigenvalue weighted by molar-refractivity contribution is -0.158. The van der Waals surface area contributed by atoms with E-state index in [0.717, 1.165) is 20.9 Å². The summed E-state index contributed by atoms with van der Waals surface area (Å²) in [5.41, 5.74) is 0.624. The maximum atomic E-state index is 14.4. The Morgan fingerprint density at radius 2 is 1.86 bits per heavy atom. The maximum absolute atomic E-state index is 14.4. The molecule has 0 spiro atoms. The molecule has 4 rings (SSSR count). The van der Waals surface area contributed by atoms with E-state index in [1.54, 1.807) is 12.1 Å². The highest BCUT2D eigenvalue weighted by Gasteiger charge is 2.47. The van der Waals surface area contributed by atoms with Crippen LogP contribution >= 0.6 is 0 Å². The molecule has 9 nitrogen and oxygen atoms in total. The first-order valence-corrected chi connectivity index (χ1v) is 10.6. The van der Waals surface area contributed by atoms with E-state index in [1.165, 1.54) is 35.5 Å². The predicted molar refractivity (Wildman–Crippen MR) is 119 cm³/mol. The Labute approximate surface area is 199 Å². The summed E-state index contributed by atoms with van der Waals surface area (Å²) >= 11 is 0. The minimum atomic E-state index is -1.39. The van der Waals surface area contributed by atoms with Crippen molar-refractivity contribution in [3.8, 4) is 5.75 Å². The molecule has 2 aromatic carbocycles. The quantitative estimate of drug-likeness (QED) is 0.611. The fourth-order valence-corrected chi connectivity index (χ4v) is 4.14. The number of aromatic hydroxyl groups is 1. The van der Waals surface area contributed by atoms with Gasteiger partial charge in [-0.1, -0.05) is 24.3 Å². The van der Waals surface area contributed by atoms with Gasteiger partial charge in [0.25, 0.3) is 5.91 Å². The van der Waals surface area contributed by atoms with E-state index in [9.17, 15) is 33.4 Å². The number of rotatable bonds is 6. The molecule has 0 radical (unpaired) electrons. The van der Waals surface area contributed by atoms with Gasteiger partial charge in [0, 0.05) is 24.6 Å². The molecule has 1 fully saturated rings. The fourth-order valence-electron chi connectivity index (χ4n) is 4.14. The molecule has 35 heavy (non-hydrogen) atoms. The number of phenols is 1. The van der Waals surface area contributed by atoms with Crippen molar-refractivity contribution in [2.45, 2.75) is 19.0 Å². The minimum Gasteiger partial charge on any atom is -0.508 e. The monoisotopic (exact) mass is 484 g/mol. The lowest BCUT2D eigenvalue weighted by atomic mass is 10.0. The Morgan fingerprint density at radius 1 is 1.14 bits per heavy atom. The number of fused-ring (bicyclic) bond motifs is 1. The van der Waals surface area contributed by atoms with Crippen LogP contribution in [0.4, 0.5) is 13.6 Å². The van der Waals surface area contributed by atoms with Crippen molar-refractivity contribution in [1.29, 1.82) is 0 Å². The van der Waals surface area contributed by atoms with Crippen molar-refractivity contribution in [2.75, 3.05) is 13.1 Å². The molecule has 2 aromatic rings. The van der Waals surface area contributed by atoms with Crippen LogP contribution in [0.15, 0.2) is 67.1 Å². The van der Waals surface area contributed by atoms with Crippen LogP contribution in [-0.4, -0.2) is 67.1 Å². The van der Waals surface area contributed by atoms with Gasteiger partial charge in [-0.2, -0.15) is 10.0 Å². The van der Waals surface area contributed by atoms with Crippen molar-refractivity contribution in [2.24, 2.45) is 0 Å². The number of benzene rings is 2. The SMILES string of the molecule is C=CCN1CC(=O)N2C(=CN(Cc3ccc(F)cc3F)C(=O)C2Cc2ccc(O)cc2)N1C(=O)O. The van der Waals surface area contributed by atoms with Gasteiger partial charge in [0.1, 0.15) is 23.4 Å². The summed E-state index contributed by atoms with van der Waals surface area (Å²) in [5.74, 6) is -2.79. The number of hydrazine groups is 1. The number of hydrogen-bond donors (Lipinski definition) is 2. The number of carbonyl (C=O) groups excluding carboxylic acids is 2. The average Bonchev–Trinajstić information content (AvgIpc) is 2.79. The zero-order valence-electron chi connectivity index (χ0n) is 18.5. The Morgan fingerprint density at radius 3 is 2.49 bits per heavy atom. The summed E-state index contributed by atoms with van der Waals surface area (Å²) in [6.07, 6.45) is 1.24. The second kappa shape index (κ2) is 9.55. The topological polar surface area (TPSA) is 105 Å². The summed E-state index contributed by atoms with van der Waals surface area (Å²) in [5, 5.41) is 21.6. The maximum Gasteiger partial charge on any atom is 0.428 e. The van der Waals surface area contributed by atoms with Crippen molar-refractivity contribution in [3.05, 3.63) is 89.9 Å². The third-order valence-electron chi connectivity index (χ3n) is 5.73. The van der Waals surface area contributed by atoms with Gasteiger partial charge >= 0.3 is 6.09 Å². The zero-order chi connectivity index (χ0) is 25.3. The van der Waals surface area contributed by atoms with Gasteiger partial charge in [0.15, 0.2) is 5.82 Å². The number of carboxylic acid groups (broad SMARTS) is 1. The fraction of sp³-hybridized carbons (Fsp3) is 0.208. The van der Waals surface area contributed by atoms with E-state index < -0.39 is 35.6 Å². The number of amides is 3. The molecule has 2 aliphatic heterocycles. The Hall–Kier alpha value is -4.25. The largest absolute Gasteiger partial charge is 0.508 e. The van der Waals surface area contributed by atoms with Crippen LogP contribution in [0.1, 0.15) is 11.1 Å². The van der Waals surface area contributed by atoms with Crippen LogP contribution in [-0.2, 0) is 22.6 Å². The van der Waals surface area contributed by atoms with E-state index in [-0.39, 0.29) is 43.2 Å². The van der Waals surface area contributed by atoms with Gasteiger partial charge < -0.3 is 15.1 Å². The lowest BCUT2D eigenvalue weighted by Crippen LogP contribution is -2.66. The first kappa shape index (κ1) is 23.9. The van der Waals surface area contributed by atoms with Crippen molar-refractivity contribution in [3.63, 3.8) is 0 Å². The molecule has 1 unspecified atom stereocenters. The molecule has 0 aliphatic carbocycles. The molecule has 1 saturated heterocycles. The van der Waals surface area contributed by atoms with Crippen LogP contribution in [0.3, 0.4) is 0 Å². The molecule has 3 amide bonds. The Balaban J connectivity index is 1.78. The molecule has 1 atom stereocenters. The third-order valence-corrected chi connectivity index (χ3v) is 5.73. The molecule has 2 heterocycles. The summed E-state index contributed by atoms with van der Waals surface area (Å²) in [7, 11) is 0. The van der Waals surface area contributed by atoms with Gasteiger partial charge in [-0.3, -0.25) is 14.5 Å². The highest BCUT2D eigenvalue weighted by Crippen LogP contribution is 2.31.